The molecule has 0 fully saturated rings. The van der Waals surface area contributed by atoms with Crippen molar-refractivity contribution >= 4 is 5.97 Å². The number of aliphatic carboxylic acids is 1. The van der Waals surface area contributed by atoms with Crippen molar-refractivity contribution in [3.05, 3.63) is 35.4 Å². The molecule has 1 aromatic rings. The number of nitrogens with one attached hydrogen (secondary N) is 1. The molecule has 0 aliphatic rings. The Morgan fingerprint density at radius 2 is 1.75 bits per heavy atom. The minimum absolute atomic E-state index is 0.0951. The fraction of sp³-hybridized carbons (Fsp3) is 0.562. The third-order valence-electron chi connectivity index (χ3n) is 3.70. The predicted molar refractivity (Wildman–Crippen MR) is 79.8 cm³/mol. The van der Waals surface area contributed by atoms with Gasteiger partial charge in [0.1, 0.15) is 0 Å². The van der Waals surface area contributed by atoms with Crippen LogP contribution in [0.25, 0.3) is 0 Å². The van der Waals surface area contributed by atoms with Crippen LogP contribution in [0.4, 0.5) is 0 Å². The van der Waals surface area contributed by atoms with Gasteiger partial charge < -0.3 is 15.5 Å². The van der Waals surface area contributed by atoms with E-state index in [9.17, 15) is 9.90 Å². The number of carbonyl (C=O) groups is 1. The monoisotopic (exact) mass is 279 g/mol. The maximum Gasteiger partial charge on any atom is 0.305 e. The second-order valence-corrected chi connectivity index (χ2v) is 5.18. The highest BCUT2D eigenvalue weighted by Gasteiger charge is 2.22. The maximum absolute atomic E-state index is 10.9. The van der Waals surface area contributed by atoms with Crippen molar-refractivity contribution in [1.82, 2.24) is 5.32 Å². The minimum Gasteiger partial charge on any atom is -0.481 e. The van der Waals surface area contributed by atoms with E-state index in [1.807, 2.05) is 31.2 Å². The van der Waals surface area contributed by atoms with Crippen LogP contribution >= 0.6 is 0 Å². The van der Waals surface area contributed by atoms with Crippen molar-refractivity contribution in [3.8, 4) is 0 Å². The molecule has 3 N–H and O–H groups in total. The Hall–Kier alpha value is -1.39. The van der Waals surface area contributed by atoms with Crippen molar-refractivity contribution in [1.29, 1.82) is 0 Å². The molecule has 3 atom stereocenters. The lowest BCUT2D eigenvalue weighted by molar-refractivity contribution is -0.138. The van der Waals surface area contributed by atoms with Gasteiger partial charge in [0.15, 0.2) is 0 Å². The molecular weight excluding hydrogens is 254 g/mol. The lowest BCUT2D eigenvalue weighted by Crippen LogP contribution is -2.36. The summed E-state index contributed by atoms with van der Waals surface area (Å²) in [5, 5.41) is 22.3. The summed E-state index contributed by atoms with van der Waals surface area (Å²) < 4.78 is 0. The molecule has 0 saturated heterocycles. The summed E-state index contributed by atoms with van der Waals surface area (Å²) in [5.41, 5.74) is 1.99. The Labute approximate surface area is 120 Å². The molecule has 0 spiro atoms. The van der Waals surface area contributed by atoms with Crippen molar-refractivity contribution in [2.24, 2.45) is 0 Å². The van der Waals surface area contributed by atoms with Crippen LogP contribution in [-0.4, -0.2) is 28.8 Å². The Morgan fingerprint density at radius 1 is 1.20 bits per heavy atom. The average Bonchev–Trinajstić information content (AvgIpc) is 2.45. The zero-order valence-electron chi connectivity index (χ0n) is 12.5. The normalized spacial score (nSPS) is 15.6. The highest BCUT2D eigenvalue weighted by atomic mass is 16.4. The molecule has 4 nitrogen and oxygen atoms in total. The molecule has 0 radical (unpaired) electrons. The quantitative estimate of drug-likeness (QED) is 0.684. The van der Waals surface area contributed by atoms with Crippen LogP contribution in [0.3, 0.4) is 0 Å². The number of hydrogen-bond acceptors (Lipinski definition) is 3. The summed E-state index contributed by atoms with van der Waals surface area (Å²) in [5.74, 6) is -0.420. The molecule has 112 valence electrons. The number of aliphatic hydroxyl groups excluding tert-OH is 1. The van der Waals surface area contributed by atoms with E-state index in [-0.39, 0.29) is 6.42 Å². The molecule has 0 bridgehead atoms. The highest BCUT2D eigenvalue weighted by molar-refractivity contribution is 5.67. The number of benzene rings is 1. The van der Waals surface area contributed by atoms with E-state index < -0.39 is 18.1 Å². The third-order valence-corrected chi connectivity index (χ3v) is 3.70. The molecular formula is C16H25NO3. The van der Waals surface area contributed by atoms with E-state index >= 15 is 0 Å². The van der Waals surface area contributed by atoms with Gasteiger partial charge in [0, 0.05) is 6.04 Å². The minimum atomic E-state index is -0.911. The van der Waals surface area contributed by atoms with Crippen LogP contribution in [0.1, 0.15) is 56.8 Å². The fourth-order valence-electron chi connectivity index (χ4n) is 2.24. The summed E-state index contributed by atoms with van der Waals surface area (Å²) in [6.45, 7) is 6.83. The highest BCUT2D eigenvalue weighted by Crippen LogP contribution is 2.23. The second kappa shape index (κ2) is 8.02. The SMILES string of the molecule is CCNC(CC(=O)O)C(O)c1ccc(C(C)CC)cc1. The zero-order valence-corrected chi connectivity index (χ0v) is 12.5. The van der Waals surface area contributed by atoms with Crippen molar-refractivity contribution in [2.45, 2.75) is 51.7 Å². The first kappa shape index (κ1) is 16.7. The van der Waals surface area contributed by atoms with Crippen LogP contribution in [-0.2, 0) is 4.79 Å². The lowest BCUT2D eigenvalue weighted by atomic mass is 9.94. The van der Waals surface area contributed by atoms with E-state index in [2.05, 4.69) is 19.2 Å². The Morgan fingerprint density at radius 3 is 2.20 bits per heavy atom. The van der Waals surface area contributed by atoms with Gasteiger partial charge >= 0.3 is 5.97 Å². The van der Waals surface area contributed by atoms with E-state index in [1.165, 1.54) is 5.56 Å². The first-order chi connectivity index (χ1) is 9.49. The molecule has 20 heavy (non-hydrogen) atoms. The standard InChI is InChI=1S/C16H25NO3/c1-4-11(3)12-6-8-13(9-7-12)16(20)14(17-5-2)10-15(18)19/h6-9,11,14,16-17,20H,4-5,10H2,1-3H3,(H,18,19). The molecule has 0 aliphatic heterocycles. The summed E-state index contributed by atoms with van der Waals surface area (Å²) in [6.07, 6.45) is 0.167. The number of likely N-dealkylation sites (N-methyl/N-ethyl adjacent to an activating group) is 1. The van der Waals surface area contributed by atoms with Crippen LogP contribution in [0.2, 0.25) is 0 Å². The van der Waals surface area contributed by atoms with E-state index in [1.54, 1.807) is 0 Å². The number of carboxylic acid groups (broad SMARTS) is 1. The third kappa shape index (κ3) is 4.62. The largest absolute Gasteiger partial charge is 0.481 e. The summed E-state index contributed by atoms with van der Waals surface area (Å²) >= 11 is 0. The van der Waals surface area contributed by atoms with Gasteiger partial charge in [-0.05, 0) is 30.0 Å². The number of aliphatic hydroxyl groups is 1. The molecule has 0 saturated carbocycles. The fourth-order valence-corrected chi connectivity index (χ4v) is 2.24. The zero-order chi connectivity index (χ0) is 15.1. The Bertz CT molecular complexity index is 416. The molecule has 4 heteroatoms. The van der Waals surface area contributed by atoms with Gasteiger partial charge in [-0.25, -0.2) is 0 Å². The number of hydrogen-bond donors (Lipinski definition) is 3. The van der Waals surface area contributed by atoms with Crippen molar-refractivity contribution < 1.29 is 15.0 Å². The summed E-state index contributed by atoms with van der Waals surface area (Å²) in [4.78, 5) is 10.9. The van der Waals surface area contributed by atoms with E-state index in [4.69, 9.17) is 5.11 Å². The van der Waals surface area contributed by atoms with Crippen LogP contribution < -0.4 is 5.32 Å². The molecule has 1 aromatic carbocycles. The van der Waals surface area contributed by atoms with Crippen LogP contribution in [0, 0.1) is 0 Å². The number of rotatable bonds is 8. The van der Waals surface area contributed by atoms with Gasteiger partial charge in [-0.3, -0.25) is 4.79 Å². The van der Waals surface area contributed by atoms with Gasteiger partial charge in [0.2, 0.25) is 0 Å². The predicted octanol–water partition coefficient (Wildman–Crippen LogP) is 2.69. The molecule has 3 unspecified atom stereocenters. The van der Waals surface area contributed by atoms with Gasteiger partial charge in [-0.2, -0.15) is 0 Å². The van der Waals surface area contributed by atoms with Gasteiger partial charge in [-0.1, -0.05) is 45.0 Å². The summed E-state index contributed by atoms with van der Waals surface area (Å²) in [7, 11) is 0. The second-order valence-electron chi connectivity index (χ2n) is 5.18. The van der Waals surface area contributed by atoms with Crippen LogP contribution in [0.15, 0.2) is 24.3 Å². The van der Waals surface area contributed by atoms with Crippen LogP contribution in [0.5, 0.6) is 0 Å². The first-order valence-electron chi connectivity index (χ1n) is 7.22. The topological polar surface area (TPSA) is 69.6 Å². The average molecular weight is 279 g/mol. The smallest absolute Gasteiger partial charge is 0.305 e. The first-order valence-corrected chi connectivity index (χ1v) is 7.22. The molecule has 0 aliphatic carbocycles. The van der Waals surface area contributed by atoms with Gasteiger partial charge in [-0.15, -0.1) is 0 Å². The molecule has 0 heterocycles. The van der Waals surface area contributed by atoms with E-state index in [0.29, 0.717) is 12.5 Å². The van der Waals surface area contributed by atoms with Gasteiger partial charge in [0.05, 0.1) is 12.5 Å². The Balaban J connectivity index is 2.83. The van der Waals surface area contributed by atoms with Crippen molar-refractivity contribution in [2.75, 3.05) is 6.54 Å². The summed E-state index contributed by atoms with van der Waals surface area (Å²) in [6, 6.07) is 7.33. The molecule has 0 amide bonds. The van der Waals surface area contributed by atoms with Crippen molar-refractivity contribution in [3.63, 3.8) is 0 Å². The van der Waals surface area contributed by atoms with E-state index in [0.717, 1.165) is 12.0 Å². The lowest BCUT2D eigenvalue weighted by Gasteiger charge is -2.23. The number of carboxylic acids is 1. The molecule has 1 rings (SSSR count). The molecule has 0 aromatic heterocycles. The van der Waals surface area contributed by atoms with Gasteiger partial charge in [0.25, 0.3) is 0 Å². The Kier molecular flexibility index (Phi) is 6.68. The maximum atomic E-state index is 10.9.